The van der Waals surface area contributed by atoms with E-state index in [0.29, 0.717) is 13.1 Å². The van der Waals surface area contributed by atoms with Crippen molar-refractivity contribution in [2.45, 2.75) is 52.6 Å². The molecule has 1 fully saturated rings. The predicted molar refractivity (Wildman–Crippen MR) is 140 cm³/mol. The van der Waals surface area contributed by atoms with Crippen molar-refractivity contribution in [3.8, 4) is 0 Å². The molecule has 0 radical (unpaired) electrons. The molecule has 4 rings (SSSR count). The third-order valence-electron chi connectivity index (χ3n) is 7.01. The summed E-state index contributed by atoms with van der Waals surface area (Å²) in [5, 5.41) is 0. The number of nitrogens with zero attached hydrogens (tertiary/aromatic N) is 4. The van der Waals surface area contributed by atoms with Gasteiger partial charge in [-0.05, 0) is 62.5 Å². The summed E-state index contributed by atoms with van der Waals surface area (Å²) in [5.41, 5.74) is 1.60. The van der Waals surface area contributed by atoms with Gasteiger partial charge in [-0.25, -0.2) is 13.8 Å². The average molecular weight is 495 g/mol. The summed E-state index contributed by atoms with van der Waals surface area (Å²) in [5.74, 6) is -1.10. The van der Waals surface area contributed by atoms with Crippen LogP contribution in [0.2, 0.25) is 0 Å². The summed E-state index contributed by atoms with van der Waals surface area (Å²) in [6, 6.07) is 11.6. The lowest BCUT2D eigenvalue weighted by atomic mass is 9.99. The van der Waals surface area contributed by atoms with Crippen molar-refractivity contribution in [1.29, 1.82) is 0 Å². The fourth-order valence-corrected chi connectivity index (χ4v) is 4.71. The van der Waals surface area contributed by atoms with Gasteiger partial charge in [-0.3, -0.25) is 9.69 Å². The molecule has 192 valence electrons. The van der Waals surface area contributed by atoms with Crippen molar-refractivity contribution in [2.75, 3.05) is 26.2 Å². The van der Waals surface area contributed by atoms with Crippen molar-refractivity contribution in [2.24, 2.45) is 5.92 Å². The number of aromatic nitrogens is 2. The lowest BCUT2D eigenvalue weighted by Crippen LogP contribution is -2.33. The normalized spacial score (nSPS) is 15.2. The zero-order valence-corrected chi connectivity index (χ0v) is 21.3. The van der Waals surface area contributed by atoms with Gasteiger partial charge in [0.15, 0.2) is 11.6 Å². The van der Waals surface area contributed by atoms with Crippen molar-refractivity contribution in [3.63, 3.8) is 0 Å². The van der Waals surface area contributed by atoms with Gasteiger partial charge in [-0.2, -0.15) is 0 Å². The number of para-hydroxylation sites is 2. The number of carbonyl (C=O) groups is 1. The molecule has 0 N–H and O–H groups in total. The Balaban J connectivity index is 1.55. The maximum absolute atomic E-state index is 14.4. The number of rotatable bonds is 10. The Morgan fingerprint density at radius 2 is 1.83 bits per heavy atom. The van der Waals surface area contributed by atoms with Crippen LogP contribution in [0.15, 0.2) is 54.6 Å². The maximum Gasteiger partial charge on any atom is 0.257 e. The highest BCUT2D eigenvalue weighted by Crippen LogP contribution is 2.21. The fraction of sp³-hybridized carbons (Fsp3) is 0.448. The number of piperidine rings is 1. The van der Waals surface area contributed by atoms with E-state index in [1.807, 2.05) is 31.2 Å². The van der Waals surface area contributed by atoms with Crippen LogP contribution in [0.5, 0.6) is 0 Å². The molecule has 0 saturated carbocycles. The zero-order chi connectivity index (χ0) is 25.5. The van der Waals surface area contributed by atoms with Gasteiger partial charge < -0.3 is 9.47 Å². The van der Waals surface area contributed by atoms with Crippen LogP contribution in [0, 0.1) is 17.6 Å². The largest absolute Gasteiger partial charge is 0.331 e. The molecule has 0 aliphatic carbocycles. The first-order chi connectivity index (χ1) is 17.5. The van der Waals surface area contributed by atoms with Crippen LogP contribution < -0.4 is 0 Å². The fourth-order valence-electron chi connectivity index (χ4n) is 4.71. The number of imidazole rings is 1. The summed E-state index contributed by atoms with van der Waals surface area (Å²) in [6.45, 7) is 8.84. The van der Waals surface area contributed by atoms with Gasteiger partial charge in [-0.15, -0.1) is 0 Å². The molecular weight excluding hydrogens is 458 g/mol. The molecule has 5 nitrogen and oxygen atoms in total. The Bertz CT molecular complexity index is 1200. The summed E-state index contributed by atoms with van der Waals surface area (Å²) >= 11 is 0. The van der Waals surface area contributed by atoms with E-state index in [1.165, 1.54) is 25.0 Å². The van der Waals surface area contributed by atoms with Crippen molar-refractivity contribution >= 4 is 16.9 Å². The van der Waals surface area contributed by atoms with E-state index in [0.717, 1.165) is 61.3 Å². The number of likely N-dealkylation sites (tertiary alicyclic amines) is 1. The number of hydrogen-bond acceptors (Lipinski definition) is 3. The number of carbonyl (C=O) groups excluding carboxylic acids is 1. The summed E-state index contributed by atoms with van der Waals surface area (Å²) < 4.78 is 30.4. The van der Waals surface area contributed by atoms with E-state index < -0.39 is 17.5 Å². The third kappa shape index (κ3) is 6.19. The maximum atomic E-state index is 14.4. The molecular formula is C29H36F2N4O. The van der Waals surface area contributed by atoms with E-state index in [1.54, 1.807) is 4.90 Å². The number of hydrogen-bond donors (Lipinski definition) is 0. The molecule has 0 unspecified atom stereocenters. The summed E-state index contributed by atoms with van der Waals surface area (Å²) in [7, 11) is 0. The number of halogens is 2. The summed E-state index contributed by atoms with van der Waals surface area (Å²) in [4.78, 5) is 22.1. The molecule has 1 aromatic heterocycles. The summed E-state index contributed by atoms with van der Waals surface area (Å²) in [6.07, 6.45) is 8.49. The quantitative estimate of drug-likeness (QED) is 0.323. The standard InChI is InChI=1S/C29H36F2N4O/c1-3-4-17-34(29(36)23-10-9-11-24(30)28(23)31)21-27-32-25-12-5-6-13-26(25)35(27)18-8-7-16-33-19-14-22(2)15-20-33/h5-13,22H,3-4,14-21H2,1-2H3/b8-7+. The highest BCUT2D eigenvalue weighted by Gasteiger charge is 2.23. The van der Waals surface area contributed by atoms with Gasteiger partial charge >= 0.3 is 0 Å². The van der Waals surface area contributed by atoms with Gasteiger partial charge in [0.1, 0.15) is 5.82 Å². The molecule has 7 heteroatoms. The van der Waals surface area contributed by atoms with Crippen LogP contribution in [0.4, 0.5) is 8.78 Å². The monoisotopic (exact) mass is 494 g/mol. The molecule has 2 heterocycles. The lowest BCUT2D eigenvalue weighted by Gasteiger charge is -2.29. The Kier molecular flexibility index (Phi) is 8.86. The smallest absolute Gasteiger partial charge is 0.257 e. The topological polar surface area (TPSA) is 41.4 Å². The molecule has 2 aromatic carbocycles. The van der Waals surface area contributed by atoms with E-state index in [4.69, 9.17) is 4.98 Å². The number of amides is 1. The second-order valence-corrected chi connectivity index (χ2v) is 9.76. The van der Waals surface area contributed by atoms with Crippen molar-refractivity contribution in [3.05, 3.63) is 77.6 Å². The number of fused-ring (bicyclic) bond motifs is 1. The van der Waals surface area contributed by atoms with Crippen LogP contribution in [0.1, 0.15) is 55.7 Å². The first-order valence-electron chi connectivity index (χ1n) is 13.0. The molecule has 1 saturated heterocycles. The zero-order valence-electron chi connectivity index (χ0n) is 21.3. The first-order valence-corrected chi connectivity index (χ1v) is 13.0. The highest BCUT2D eigenvalue weighted by atomic mass is 19.2. The minimum absolute atomic E-state index is 0.224. The minimum atomic E-state index is -1.10. The van der Waals surface area contributed by atoms with E-state index >= 15 is 0 Å². The van der Waals surface area contributed by atoms with Gasteiger partial charge in [-0.1, -0.05) is 50.6 Å². The predicted octanol–water partition coefficient (Wildman–Crippen LogP) is 6.05. The van der Waals surface area contributed by atoms with E-state index in [-0.39, 0.29) is 12.1 Å². The number of allylic oxidation sites excluding steroid dienone is 1. The van der Waals surface area contributed by atoms with Crippen LogP contribution >= 0.6 is 0 Å². The van der Waals surface area contributed by atoms with Crippen molar-refractivity contribution in [1.82, 2.24) is 19.4 Å². The molecule has 0 bridgehead atoms. The third-order valence-corrected chi connectivity index (χ3v) is 7.01. The molecule has 1 aliphatic rings. The molecule has 3 aromatic rings. The lowest BCUT2D eigenvalue weighted by molar-refractivity contribution is 0.0729. The van der Waals surface area contributed by atoms with E-state index in [2.05, 4.69) is 28.5 Å². The van der Waals surface area contributed by atoms with Crippen LogP contribution in [-0.2, 0) is 13.1 Å². The van der Waals surface area contributed by atoms with Crippen LogP contribution in [0.25, 0.3) is 11.0 Å². The average Bonchev–Trinajstić information content (AvgIpc) is 3.23. The molecule has 1 amide bonds. The van der Waals surface area contributed by atoms with Gasteiger partial charge in [0.2, 0.25) is 0 Å². The van der Waals surface area contributed by atoms with Crippen LogP contribution in [-0.4, -0.2) is 51.4 Å². The molecule has 1 aliphatic heterocycles. The SMILES string of the molecule is CCCCN(Cc1nc2ccccc2n1C/C=C/CN1CCC(C)CC1)C(=O)c1cccc(F)c1F. The molecule has 36 heavy (non-hydrogen) atoms. The second kappa shape index (κ2) is 12.3. The van der Waals surface area contributed by atoms with Crippen molar-refractivity contribution < 1.29 is 13.6 Å². The van der Waals surface area contributed by atoms with Gasteiger partial charge in [0.05, 0.1) is 23.1 Å². The molecule has 0 spiro atoms. The number of benzene rings is 2. The molecule has 0 atom stereocenters. The Labute approximate surface area is 212 Å². The second-order valence-electron chi connectivity index (χ2n) is 9.76. The van der Waals surface area contributed by atoms with Crippen LogP contribution in [0.3, 0.4) is 0 Å². The van der Waals surface area contributed by atoms with Gasteiger partial charge in [0, 0.05) is 19.6 Å². The Morgan fingerprint density at radius 3 is 2.61 bits per heavy atom. The number of unbranched alkanes of at least 4 members (excludes halogenated alkanes) is 1. The highest BCUT2D eigenvalue weighted by molar-refractivity contribution is 5.94. The Morgan fingerprint density at radius 1 is 1.08 bits per heavy atom. The first kappa shape index (κ1) is 26.0. The minimum Gasteiger partial charge on any atom is -0.331 e. The Hall–Kier alpha value is -3.06. The van der Waals surface area contributed by atoms with E-state index in [9.17, 15) is 13.6 Å². The van der Waals surface area contributed by atoms with Gasteiger partial charge in [0.25, 0.3) is 5.91 Å².